The van der Waals surface area contributed by atoms with Gasteiger partial charge in [0.25, 0.3) is 0 Å². The van der Waals surface area contributed by atoms with E-state index in [4.69, 9.17) is 5.73 Å². The summed E-state index contributed by atoms with van der Waals surface area (Å²) in [5, 5.41) is 0. The molecule has 0 fully saturated rings. The number of nitrogens with two attached hydrogens (primary N) is 1. The molecule has 2 N–H and O–H groups in total. The second-order valence-electron chi connectivity index (χ2n) is 0.465. The van der Waals surface area contributed by atoms with Crippen molar-refractivity contribution in [1.82, 2.24) is 0 Å². The lowest BCUT2D eigenvalue weighted by Gasteiger charge is -1.77. The minimum atomic E-state index is 1.18. The first-order chi connectivity index (χ1) is 2.41. The van der Waals surface area contributed by atoms with E-state index >= 15 is 0 Å². The van der Waals surface area contributed by atoms with Crippen molar-refractivity contribution in [3.63, 3.8) is 0 Å². The lowest BCUT2D eigenvalue weighted by molar-refractivity contribution is 0.533. The van der Waals surface area contributed by atoms with Crippen molar-refractivity contribution in [1.29, 1.82) is 0 Å². The molecule has 0 spiro atoms. The highest BCUT2D eigenvalue weighted by Gasteiger charge is 1.48. The van der Waals surface area contributed by atoms with Gasteiger partial charge in [0.1, 0.15) is 0 Å². The molecule has 0 saturated heterocycles. The van der Waals surface area contributed by atoms with Gasteiger partial charge in [-0.2, -0.15) is 0 Å². The molecule has 2 radical (unpaired) electrons. The van der Waals surface area contributed by atoms with Crippen LogP contribution in [0.15, 0.2) is 12.5 Å². The predicted molar refractivity (Wildman–Crippen MR) is 20.2 cm³/mol. The van der Waals surface area contributed by atoms with E-state index in [1.54, 1.807) is 0 Å². The molecule has 26 valence electrons. The molecule has 0 rings (SSSR count). The maximum absolute atomic E-state index is 4.75. The molecule has 0 atom stereocenters. The molecule has 0 aromatic carbocycles. The molecule has 0 heterocycles. The molecule has 0 amide bonds. The van der Waals surface area contributed by atoms with Crippen LogP contribution in [0.4, 0.5) is 0 Å². The first-order valence-electron chi connectivity index (χ1n) is 1.14. The second-order valence-corrected chi connectivity index (χ2v) is 0.465. The minimum Gasteiger partial charge on any atom is -0.572 e. The Labute approximate surface area is 32.1 Å². The van der Waals surface area contributed by atoms with Crippen LogP contribution in [0.25, 0.3) is 0 Å². The van der Waals surface area contributed by atoms with Crippen molar-refractivity contribution in [3.8, 4) is 0 Å². The Bertz CT molecular complexity index is 36.6. The summed E-state index contributed by atoms with van der Waals surface area (Å²) in [6, 6.07) is 0. The van der Waals surface area contributed by atoms with Gasteiger partial charge in [0.05, 0.1) is 6.26 Å². The maximum atomic E-state index is 4.75. The average Bonchev–Trinajstić information content (AvgIpc) is 1.41. The smallest absolute Gasteiger partial charge is 0.373 e. The lowest BCUT2D eigenvalue weighted by Crippen LogP contribution is -1.76. The van der Waals surface area contributed by atoms with E-state index in [9.17, 15) is 0 Å². The summed E-state index contributed by atoms with van der Waals surface area (Å²) in [4.78, 5) is 0. The third-order valence-corrected chi connectivity index (χ3v) is 0.157. The van der Waals surface area contributed by atoms with Crippen LogP contribution in [0.1, 0.15) is 0 Å². The van der Waals surface area contributed by atoms with Crippen LogP contribution >= 0.6 is 0 Å². The van der Waals surface area contributed by atoms with E-state index in [0.29, 0.717) is 0 Å². The van der Waals surface area contributed by atoms with Gasteiger partial charge in [-0.3, -0.25) is 0 Å². The summed E-state index contributed by atoms with van der Waals surface area (Å²) < 4.78 is 3.89. The van der Waals surface area contributed by atoms with E-state index in [1.165, 1.54) is 12.5 Å². The van der Waals surface area contributed by atoms with Gasteiger partial charge in [-0.25, -0.2) is 0 Å². The summed E-state index contributed by atoms with van der Waals surface area (Å²) in [5.74, 6) is 0. The maximum Gasteiger partial charge on any atom is 0.373 e. The molecule has 0 aliphatic rings. The van der Waals surface area contributed by atoms with E-state index in [1.807, 2.05) is 0 Å². The molecule has 0 unspecified atom stereocenters. The number of hydrogen-bond acceptors (Lipinski definition) is 2. The largest absolute Gasteiger partial charge is 0.572 e. The third kappa shape index (κ3) is 3.40. The van der Waals surface area contributed by atoms with Crippen molar-refractivity contribution in [3.05, 3.63) is 12.5 Å². The highest BCUT2D eigenvalue weighted by molar-refractivity contribution is 5.98. The zero-order chi connectivity index (χ0) is 4.12. The summed E-state index contributed by atoms with van der Waals surface area (Å²) in [6.07, 6.45) is 2.39. The first kappa shape index (κ1) is 4.40. The fourth-order valence-electron chi connectivity index (χ4n) is 0.0454. The lowest BCUT2D eigenvalue weighted by atomic mass is 10.6. The molecule has 5 heavy (non-hydrogen) atoms. The first-order valence-corrected chi connectivity index (χ1v) is 1.14. The molecule has 0 aliphatic carbocycles. The SMILES string of the molecule is [B]O/C=C/N. The average molecular weight is 68.9 g/mol. The Kier molecular flexibility index (Phi) is 3.00. The molecule has 0 aromatic heterocycles. The van der Waals surface area contributed by atoms with E-state index in [-0.39, 0.29) is 0 Å². The molecule has 0 aliphatic heterocycles. The molecule has 3 heteroatoms. The van der Waals surface area contributed by atoms with Crippen LogP contribution in [-0.2, 0) is 4.65 Å². The van der Waals surface area contributed by atoms with Crippen LogP contribution in [0, 0.1) is 0 Å². The van der Waals surface area contributed by atoms with Gasteiger partial charge in [-0.15, -0.1) is 0 Å². The minimum absolute atomic E-state index is 1.18. The van der Waals surface area contributed by atoms with Gasteiger partial charge in [-0.05, 0) is 0 Å². The molecular formula is C2H4BNO. The van der Waals surface area contributed by atoms with Crippen LogP contribution in [0.3, 0.4) is 0 Å². The van der Waals surface area contributed by atoms with Gasteiger partial charge < -0.3 is 10.4 Å². The standard InChI is InChI=1S/C2H4BNO/c3-5-2-1-4/h1-2H,4H2/b2-1+. The Balaban J connectivity index is 2.62. The van der Waals surface area contributed by atoms with Crippen molar-refractivity contribution in [2.45, 2.75) is 0 Å². The number of rotatable bonds is 1. The second kappa shape index (κ2) is 3.40. The Hall–Kier alpha value is -0.595. The van der Waals surface area contributed by atoms with E-state index in [2.05, 4.69) is 12.7 Å². The van der Waals surface area contributed by atoms with Crippen LogP contribution in [-0.4, -0.2) is 8.05 Å². The highest BCUT2D eigenvalue weighted by atomic mass is 16.4. The van der Waals surface area contributed by atoms with E-state index < -0.39 is 0 Å². The monoisotopic (exact) mass is 69.0 g/mol. The van der Waals surface area contributed by atoms with Crippen LogP contribution in [0.5, 0.6) is 0 Å². The van der Waals surface area contributed by atoms with Crippen LogP contribution < -0.4 is 5.73 Å². The van der Waals surface area contributed by atoms with Gasteiger partial charge >= 0.3 is 8.05 Å². The Morgan fingerprint density at radius 1 is 1.80 bits per heavy atom. The molecule has 2 nitrogen and oxygen atoms in total. The summed E-state index contributed by atoms with van der Waals surface area (Å²) in [7, 11) is 4.47. The number of hydrogen-bond donors (Lipinski definition) is 1. The summed E-state index contributed by atoms with van der Waals surface area (Å²) in [5.41, 5.74) is 4.75. The van der Waals surface area contributed by atoms with Gasteiger partial charge in [0, 0.05) is 6.20 Å². The third-order valence-electron chi connectivity index (χ3n) is 0.157. The fraction of sp³-hybridized carbons (Fsp3) is 0. The molecule has 0 aromatic rings. The summed E-state index contributed by atoms with van der Waals surface area (Å²) in [6.45, 7) is 0. The quantitative estimate of drug-likeness (QED) is 0.333. The van der Waals surface area contributed by atoms with Crippen molar-refractivity contribution < 1.29 is 4.65 Å². The van der Waals surface area contributed by atoms with Gasteiger partial charge in [0.2, 0.25) is 0 Å². The molecule has 0 bridgehead atoms. The highest BCUT2D eigenvalue weighted by Crippen LogP contribution is 1.56. The normalized spacial score (nSPS) is 8.80. The zero-order valence-electron chi connectivity index (χ0n) is 2.72. The predicted octanol–water partition coefficient (Wildman–Crippen LogP) is -0.484. The van der Waals surface area contributed by atoms with E-state index in [0.717, 1.165) is 0 Å². The molecule has 0 saturated carbocycles. The summed E-state index contributed by atoms with van der Waals surface area (Å²) >= 11 is 0. The molecular weight excluding hydrogens is 64.8 g/mol. The zero-order valence-corrected chi connectivity index (χ0v) is 2.72. The van der Waals surface area contributed by atoms with Gasteiger partial charge in [-0.1, -0.05) is 0 Å². The van der Waals surface area contributed by atoms with Crippen molar-refractivity contribution in [2.24, 2.45) is 5.73 Å². The van der Waals surface area contributed by atoms with Crippen molar-refractivity contribution >= 4 is 8.05 Å². The topological polar surface area (TPSA) is 35.2 Å². The fourth-order valence-corrected chi connectivity index (χ4v) is 0.0454. The Morgan fingerprint density at radius 2 is 2.40 bits per heavy atom. The van der Waals surface area contributed by atoms with Gasteiger partial charge in [0.15, 0.2) is 0 Å². The van der Waals surface area contributed by atoms with Crippen molar-refractivity contribution in [2.75, 3.05) is 0 Å². The Morgan fingerprint density at radius 3 is 2.40 bits per heavy atom. The van der Waals surface area contributed by atoms with Crippen LogP contribution in [0.2, 0.25) is 0 Å².